The molecule has 0 heterocycles. The van der Waals surface area contributed by atoms with E-state index in [2.05, 4.69) is 9.37 Å². The Kier molecular flexibility index (Phi) is 4.58. The molecule has 3 aliphatic rings. The molecule has 0 aromatic heterocycles. The molecular formula is C18H20O7S. The van der Waals surface area contributed by atoms with Crippen molar-refractivity contribution in [1.29, 1.82) is 0 Å². The summed E-state index contributed by atoms with van der Waals surface area (Å²) in [5.41, 5.74) is 2.92. The zero-order chi connectivity index (χ0) is 18.4. The van der Waals surface area contributed by atoms with Gasteiger partial charge in [-0.3, -0.25) is 10.1 Å². The summed E-state index contributed by atoms with van der Waals surface area (Å²) in [6.07, 6.45) is 3.93. The molecule has 1 saturated carbocycles. The highest BCUT2D eigenvalue weighted by Crippen LogP contribution is 2.60. The van der Waals surface area contributed by atoms with E-state index in [1.165, 1.54) is 5.57 Å². The van der Waals surface area contributed by atoms with Crippen molar-refractivity contribution < 1.29 is 33.8 Å². The topological polar surface area (TPSA) is 94.5 Å². The molecule has 7 nitrogen and oxygen atoms in total. The molecule has 2 atom stereocenters. The van der Waals surface area contributed by atoms with Gasteiger partial charge in [-0.1, -0.05) is 15.4 Å². The van der Waals surface area contributed by atoms with Crippen molar-refractivity contribution in [3.8, 4) is 5.75 Å². The second-order valence-electron chi connectivity index (χ2n) is 7.24. The van der Waals surface area contributed by atoms with E-state index >= 15 is 0 Å². The molecule has 8 heteroatoms. The van der Waals surface area contributed by atoms with Gasteiger partial charge in [0.15, 0.2) is 0 Å². The SMILES string of the molecule is CC12CCC3=C(CCc4cc(OSOOO)ccc43)C1(OO)CCC2=O. The number of ketones is 1. The minimum atomic E-state index is -0.896. The maximum atomic E-state index is 12.5. The molecular weight excluding hydrogens is 360 g/mol. The maximum Gasteiger partial charge on any atom is 0.261 e. The first kappa shape index (κ1) is 18.0. The Morgan fingerprint density at radius 1 is 1.12 bits per heavy atom. The molecule has 0 aliphatic heterocycles. The first-order chi connectivity index (χ1) is 12.6. The van der Waals surface area contributed by atoms with Crippen molar-refractivity contribution in [1.82, 2.24) is 0 Å². The van der Waals surface area contributed by atoms with Gasteiger partial charge in [0.1, 0.15) is 17.1 Å². The summed E-state index contributed by atoms with van der Waals surface area (Å²) in [6, 6.07) is 5.71. The van der Waals surface area contributed by atoms with Gasteiger partial charge in [-0.2, -0.15) is 0 Å². The Balaban J connectivity index is 1.71. The zero-order valence-corrected chi connectivity index (χ0v) is 15.1. The van der Waals surface area contributed by atoms with E-state index in [-0.39, 0.29) is 5.78 Å². The van der Waals surface area contributed by atoms with Crippen LogP contribution in [-0.4, -0.2) is 21.9 Å². The molecule has 0 spiro atoms. The van der Waals surface area contributed by atoms with Crippen LogP contribution in [0.25, 0.3) is 5.57 Å². The molecule has 26 heavy (non-hydrogen) atoms. The quantitative estimate of drug-likeness (QED) is 0.341. The van der Waals surface area contributed by atoms with Gasteiger partial charge < -0.3 is 4.18 Å². The normalized spacial score (nSPS) is 30.0. The highest BCUT2D eigenvalue weighted by molar-refractivity contribution is 7.90. The number of Topliss-reactive ketones (excluding diaryl/α,β-unsaturated/α-hetero) is 1. The average Bonchev–Trinajstić information content (AvgIpc) is 2.93. The predicted octanol–water partition coefficient (Wildman–Crippen LogP) is 4.14. The summed E-state index contributed by atoms with van der Waals surface area (Å²) in [6.45, 7) is 1.93. The fourth-order valence-corrected chi connectivity index (χ4v) is 5.20. The lowest BCUT2D eigenvalue weighted by Crippen LogP contribution is -2.51. The largest absolute Gasteiger partial charge is 0.399 e. The summed E-state index contributed by atoms with van der Waals surface area (Å²) >= 11 is 0.520. The van der Waals surface area contributed by atoms with Crippen LogP contribution < -0.4 is 4.18 Å². The standard InChI is InChI=1S/C18H20O7S/c1-17-8-6-14-13-4-3-12(22-26-25-24-21)10-11(13)2-5-15(14)18(17,23-20)9-7-16(17)19/h3-4,10,20-21H,2,5-9H2,1H3. The van der Waals surface area contributed by atoms with Crippen LogP contribution in [0.4, 0.5) is 0 Å². The summed E-state index contributed by atoms with van der Waals surface area (Å²) in [5, 5.41) is 21.5. The van der Waals surface area contributed by atoms with Crippen LogP contribution in [0.5, 0.6) is 5.75 Å². The minimum Gasteiger partial charge on any atom is -0.399 e. The van der Waals surface area contributed by atoms with E-state index in [9.17, 15) is 10.1 Å². The number of allylic oxidation sites excluding steroid dienone is 1. The molecule has 2 unspecified atom stereocenters. The Morgan fingerprint density at radius 2 is 1.96 bits per heavy atom. The van der Waals surface area contributed by atoms with E-state index < -0.39 is 11.0 Å². The van der Waals surface area contributed by atoms with Gasteiger partial charge in [0, 0.05) is 6.42 Å². The summed E-state index contributed by atoms with van der Waals surface area (Å²) < 4.78 is 9.50. The predicted molar refractivity (Wildman–Crippen MR) is 92.7 cm³/mol. The third-order valence-corrected chi connectivity index (χ3v) is 6.70. The van der Waals surface area contributed by atoms with Gasteiger partial charge in [0.05, 0.1) is 5.41 Å². The first-order valence-corrected chi connectivity index (χ1v) is 9.25. The van der Waals surface area contributed by atoms with E-state index in [1.807, 2.05) is 25.1 Å². The van der Waals surface area contributed by atoms with Crippen LogP contribution in [0.1, 0.15) is 50.2 Å². The number of carbonyl (C=O) groups excluding carboxylic acids is 1. The Labute approximate surface area is 155 Å². The van der Waals surface area contributed by atoms with Crippen LogP contribution in [0, 0.1) is 5.41 Å². The second-order valence-corrected chi connectivity index (χ2v) is 7.68. The minimum absolute atomic E-state index is 0.177. The third-order valence-electron chi connectivity index (χ3n) is 6.33. The second kappa shape index (κ2) is 6.63. The lowest BCUT2D eigenvalue weighted by molar-refractivity contribution is -0.433. The van der Waals surface area contributed by atoms with Crippen LogP contribution in [0.3, 0.4) is 0 Å². The van der Waals surface area contributed by atoms with Crippen molar-refractivity contribution in [2.24, 2.45) is 5.41 Å². The van der Waals surface area contributed by atoms with Crippen LogP contribution in [0.15, 0.2) is 23.8 Å². The number of hydrogen-bond acceptors (Lipinski definition) is 8. The van der Waals surface area contributed by atoms with Gasteiger partial charge in [-0.25, -0.2) is 10.1 Å². The van der Waals surface area contributed by atoms with Crippen molar-refractivity contribution in [3.05, 3.63) is 34.9 Å². The van der Waals surface area contributed by atoms with Crippen LogP contribution in [-0.2, 0) is 25.5 Å². The van der Waals surface area contributed by atoms with Gasteiger partial charge >= 0.3 is 0 Å². The van der Waals surface area contributed by atoms with E-state index in [1.54, 1.807) is 0 Å². The van der Waals surface area contributed by atoms with Crippen molar-refractivity contribution in [3.63, 3.8) is 0 Å². The molecule has 1 fully saturated rings. The number of carbonyl (C=O) groups is 1. The molecule has 1 aromatic carbocycles. The first-order valence-electron chi connectivity index (χ1n) is 8.59. The fourth-order valence-electron chi connectivity index (χ4n) is 4.96. The highest BCUT2D eigenvalue weighted by atomic mass is 32.2. The van der Waals surface area contributed by atoms with E-state index in [0.29, 0.717) is 37.3 Å². The highest BCUT2D eigenvalue weighted by Gasteiger charge is 2.63. The molecule has 0 bridgehead atoms. The number of benzene rings is 1. The van der Waals surface area contributed by atoms with Crippen LogP contribution >= 0.6 is 12.3 Å². The smallest absolute Gasteiger partial charge is 0.261 e. The summed E-state index contributed by atoms with van der Waals surface area (Å²) in [7, 11) is 0. The van der Waals surface area contributed by atoms with Crippen molar-refractivity contribution >= 4 is 23.7 Å². The van der Waals surface area contributed by atoms with Gasteiger partial charge in [-0.05, 0) is 73.4 Å². The molecule has 0 saturated heterocycles. The van der Waals surface area contributed by atoms with Gasteiger partial charge in [-0.15, -0.1) is 0 Å². The van der Waals surface area contributed by atoms with Crippen LogP contribution in [0.2, 0.25) is 0 Å². The lowest BCUT2D eigenvalue weighted by Gasteiger charge is -2.47. The van der Waals surface area contributed by atoms with Crippen molar-refractivity contribution in [2.75, 3.05) is 0 Å². The molecule has 0 amide bonds. The monoisotopic (exact) mass is 380 g/mol. The summed E-state index contributed by atoms with van der Waals surface area (Å²) in [4.78, 5) is 17.6. The Morgan fingerprint density at radius 3 is 2.73 bits per heavy atom. The third kappa shape index (κ3) is 2.45. The lowest BCUT2D eigenvalue weighted by atomic mass is 9.60. The zero-order valence-electron chi connectivity index (χ0n) is 14.3. The molecule has 2 N–H and O–H groups in total. The fraction of sp³-hybridized carbons (Fsp3) is 0.500. The molecule has 140 valence electrons. The molecule has 4 rings (SSSR count). The van der Waals surface area contributed by atoms with Crippen molar-refractivity contribution in [2.45, 2.75) is 51.0 Å². The van der Waals surface area contributed by atoms with E-state index in [0.717, 1.165) is 36.0 Å². The number of rotatable bonds is 5. The number of aryl methyl sites for hydroxylation is 1. The van der Waals surface area contributed by atoms with Gasteiger partial charge in [0.2, 0.25) is 0 Å². The van der Waals surface area contributed by atoms with E-state index in [4.69, 9.17) is 14.3 Å². The molecule has 0 radical (unpaired) electrons. The average molecular weight is 380 g/mol. The van der Waals surface area contributed by atoms with Gasteiger partial charge in [0.25, 0.3) is 12.3 Å². The summed E-state index contributed by atoms with van der Waals surface area (Å²) in [5.74, 6) is 0.760. The Hall–Kier alpha value is -1.42. The number of fused-ring (bicyclic) bond motifs is 4. The number of hydrogen-bond donors (Lipinski definition) is 2. The molecule has 3 aliphatic carbocycles. The molecule has 1 aromatic rings. The Bertz CT molecular complexity index is 777. The maximum absolute atomic E-state index is 12.5.